The standard InChI is InChI=1S/C18H16ClN3O3/c19-14-8-11(4-7-17(14)25-13-5-6-13)16-9-12(21-10-22-16)2-1-3-15(20)18(23)24/h4,7-10,13,15H,3,5-6,20H2,(H,23,24)/t15-/m0/s1. The number of rotatable bonds is 5. The summed E-state index contributed by atoms with van der Waals surface area (Å²) in [5.41, 5.74) is 7.38. The van der Waals surface area contributed by atoms with Crippen molar-refractivity contribution in [3.8, 4) is 28.8 Å². The minimum Gasteiger partial charge on any atom is -0.489 e. The number of nitrogens with two attached hydrogens (primary N) is 1. The van der Waals surface area contributed by atoms with Gasteiger partial charge in [0.15, 0.2) is 0 Å². The molecule has 7 heteroatoms. The Morgan fingerprint density at radius 2 is 2.20 bits per heavy atom. The van der Waals surface area contributed by atoms with Crippen LogP contribution in [-0.2, 0) is 4.79 Å². The first kappa shape index (κ1) is 17.2. The average molecular weight is 358 g/mol. The van der Waals surface area contributed by atoms with Crippen molar-refractivity contribution in [2.24, 2.45) is 5.73 Å². The number of carboxylic acid groups (broad SMARTS) is 1. The smallest absolute Gasteiger partial charge is 0.321 e. The van der Waals surface area contributed by atoms with Crippen LogP contribution in [0.4, 0.5) is 0 Å². The fourth-order valence-electron chi connectivity index (χ4n) is 2.04. The molecule has 25 heavy (non-hydrogen) atoms. The molecule has 1 aromatic heterocycles. The van der Waals surface area contributed by atoms with E-state index in [4.69, 9.17) is 27.2 Å². The lowest BCUT2D eigenvalue weighted by Crippen LogP contribution is -2.29. The van der Waals surface area contributed by atoms with E-state index in [0.717, 1.165) is 18.4 Å². The summed E-state index contributed by atoms with van der Waals surface area (Å²) in [6.07, 6.45) is 3.86. The Morgan fingerprint density at radius 1 is 1.40 bits per heavy atom. The molecule has 6 nitrogen and oxygen atoms in total. The van der Waals surface area contributed by atoms with E-state index in [2.05, 4.69) is 21.8 Å². The summed E-state index contributed by atoms with van der Waals surface area (Å²) in [6, 6.07) is 6.20. The maximum Gasteiger partial charge on any atom is 0.321 e. The largest absolute Gasteiger partial charge is 0.489 e. The van der Waals surface area contributed by atoms with Crippen molar-refractivity contribution in [3.05, 3.63) is 41.3 Å². The molecule has 1 fully saturated rings. The third-order valence-corrected chi connectivity index (χ3v) is 3.86. The van der Waals surface area contributed by atoms with Gasteiger partial charge in [-0.05, 0) is 43.0 Å². The van der Waals surface area contributed by atoms with Crippen LogP contribution in [0.1, 0.15) is 25.0 Å². The molecule has 0 saturated heterocycles. The van der Waals surface area contributed by atoms with E-state index in [1.54, 1.807) is 12.1 Å². The maximum absolute atomic E-state index is 10.7. The Balaban J connectivity index is 1.76. The number of carboxylic acids is 1. The molecular weight excluding hydrogens is 342 g/mol. The fraction of sp³-hybridized carbons (Fsp3) is 0.278. The molecule has 1 aliphatic carbocycles. The molecular formula is C18H16ClN3O3. The summed E-state index contributed by atoms with van der Waals surface area (Å²) in [5, 5.41) is 9.27. The molecule has 0 spiro atoms. The second kappa shape index (κ2) is 7.51. The Morgan fingerprint density at radius 3 is 2.88 bits per heavy atom. The predicted octanol–water partition coefficient (Wildman–Crippen LogP) is 2.49. The van der Waals surface area contributed by atoms with E-state index < -0.39 is 12.0 Å². The van der Waals surface area contributed by atoms with Crippen LogP contribution in [0.15, 0.2) is 30.6 Å². The maximum atomic E-state index is 10.7. The van der Waals surface area contributed by atoms with Crippen LogP contribution in [0.5, 0.6) is 5.75 Å². The molecule has 3 N–H and O–H groups in total. The first-order chi connectivity index (χ1) is 12.0. The van der Waals surface area contributed by atoms with E-state index in [-0.39, 0.29) is 12.5 Å². The Hall–Kier alpha value is -2.62. The second-order valence-corrected chi connectivity index (χ2v) is 6.11. The third kappa shape index (κ3) is 4.69. The summed E-state index contributed by atoms with van der Waals surface area (Å²) < 4.78 is 5.72. The van der Waals surface area contributed by atoms with Crippen LogP contribution in [0.2, 0.25) is 5.02 Å². The van der Waals surface area contributed by atoms with Crippen molar-refractivity contribution < 1.29 is 14.6 Å². The number of hydrogen-bond acceptors (Lipinski definition) is 5. The van der Waals surface area contributed by atoms with Crippen molar-refractivity contribution in [3.63, 3.8) is 0 Å². The van der Waals surface area contributed by atoms with Gasteiger partial charge in [-0.25, -0.2) is 9.97 Å². The highest BCUT2D eigenvalue weighted by atomic mass is 35.5. The van der Waals surface area contributed by atoms with Gasteiger partial charge >= 0.3 is 5.97 Å². The Labute approximate surface area is 150 Å². The Bertz CT molecular complexity index is 856. The zero-order chi connectivity index (χ0) is 17.8. The molecule has 0 amide bonds. The quantitative estimate of drug-likeness (QED) is 0.798. The molecule has 0 bridgehead atoms. The van der Waals surface area contributed by atoms with Gasteiger partial charge in [0.05, 0.1) is 16.8 Å². The SMILES string of the molecule is N[C@@H](CC#Cc1cc(-c2ccc(OC3CC3)c(Cl)c2)ncn1)C(=O)O. The molecule has 3 rings (SSSR count). The number of hydrogen-bond donors (Lipinski definition) is 2. The van der Waals surface area contributed by atoms with Crippen LogP contribution in [0.25, 0.3) is 11.3 Å². The van der Waals surface area contributed by atoms with Gasteiger partial charge in [0.25, 0.3) is 0 Å². The molecule has 1 atom stereocenters. The van der Waals surface area contributed by atoms with Gasteiger partial charge in [0.2, 0.25) is 0 Å². The number of ether oxygens (including phenoxy) is 1. The van der Waals surface area contributed by atoms with E-state index in [1.165, 1.54) is 6.33 Å². The zero-order valence-corrected chi connectivity index (χ0v) is 14.0. The van der Waals surface area contributed by atoms with Crippen LogP contribution in [0, 0.1) is 11.8 Å². The summed E-state index contributed by atoms with van der Waals surface area (Å²) in [7, 11) is 0. The first-order valence-electron chi connectivity index (χ1n) is 7.79. The van der Waals surface area contributed by atoms with Crippen molar-refractivity contribution in [2.75, 3.05) is 0 Å². The fourth-order valence-corrected chi connectivity index (χ4v) is 2.27. The van der Waals surface area contributed by atoms with Gasteiger partial charge in [-0.3, -0.25) is 4.79 Å². The molecule has 0 unspecified atom stereocenters. The number of aliphatic carboxylic acids is 1. The van der Waals surface area contributed by atoms with Gasteiger partial charge in [0, 0.05) is 12.0 Å². The number of carbonyl (C=O) groups is 1. The van der Waals surface area contributed by atoms with E-state index in [1.807, 2.05) is 12.1 Å². The van der Waals surface area contributed by atoms with Crippen LogP contribution < -0.4 is 10.5 Å². The number of aromatic nitrogens is 2. The highest BCUT2D eigenvalue weighted by Crippen LogP contribution is 2.34. The number of halogens is 1. The highest BCUT2D eigenvalue weighted by Gasteiger charge is 2.24. The van der Waals surface area contributed by atoms with Crippen LogP contribution >= 0.6 is 11.6 Å². The molecule has 1 aromatic carbocycles. The van der Waals surface area contributed by atoms with E-state index in [9.17, 15) is 4.79 Å². The molecule has 1 heterocycles. The second-order valence-electron chi connectivity index (χ2n) is 5.70. The van der Waals surface area contributed by atoms with Crippen LogP contribution in [-0.4, -0.2) is 33.2 Å². The summed E-state index contributed by atoms with van der Waals surface area (Å²) in [6.45, 7) is 0. The highest BCUT2D eigenvalue weighted by molar-refractivity contribution is 6.32. The summed E-state index contributed by atoms with van der Waals surface area (Å²) in [5.74, 6) is 5.11. The van der Waals surface area contributed by atoms with Crippen molar-refractivity contribution in [2.45, 2.75) is 31.4 Å². The lowest BCUT2D eigenvalue weighted by atomic mass is 10.1. The minimum absolute atomic E-state index is 0.0493. The van der Waals surface area contributed by atoms with E-state index >= 15 is 0 Å². The van der Waals surface area contributed by atoms with Gasteiger partial charge in [0.1, 0.15) is 23.8 Å². The average Bonchev–Trinajstić information content (AvgIpc) is 3.41. The lowest BCUT2D eigenvalue weighted by molar-refractivity contribution is -0.138. The molecule has 0 aliphatic heterocycles. The van der Waals surface area contributed by atoms with Crippen molar-refractivity contribution >= 4 is 17.6 Å². The molecule has 0 radical (unpaired) electrons. The van der Waals surface area contributed by atoms with E-state index in [0.29, 0.717) is 22.2 Å². The van der Waals surface area contributed by atoms with Gasteiger partial charge < -0.3 is 15.6 Å². The lowest BCUT2D eigenvalue weighted by Gasteiger charge is -2.08. The first-order valence-corrected chi connectivity index (χ1v) is 8.16. The number of benzene rings is 1. The van der Waals surface area contributed by atoms with Crippen molar-refractivity contribution in [1.29, 1.82) is 0 Å². The van der Waals surface area contributed by atoms with Gasteiger partial charge in [-0.1, -0.05) is 17.5 Å². The zero-order valence-electron chi connectivity index (χ0n) is 13.3. The molecule has 1 aliphatic rings. The normalized spacial score (nSPS) is 14.3. The summed E-state index contributed by atoms with van der Waals surface area (Å²) >= 11 is 6.27. The molecule has 128 valence electrons. The summed E-state index contributed by atoms with van der Waals surface area (Å²) in [4.78, 5) is 19.0. The van der Waals surface area contributed by atoms with Gasteiger partial charge in [-0.2, -0.15) is 0 Å². The topological polar surface area (TPSA) is 98.3 Å². The van der Waals surface area contributed by atoms with Crippen LogP contribution in [0.3, 0.4) is 0 Å². The molecule has 1 saturated carbocycles. The number of nitrogens with zero attached hydrogens (tertiary/aromatic N) is 2. The predicted molar refractivity (Wildman–Crippen MR) is 93.2 cm³/mol. The van der Waals surface area contributed by atoms with Crippen molar-refractivity contribution in [1.82, 2.24) is 9.97 Å². The Kier molecular flexibility index (Phi) is 5.17. The minimum atomic E-state index is -1.08. The van der Waals surface area contributed by atoms with Gasteiger partial charge in [-0.15, -0.1) is 0 Å². The molecule has 2 aromatic rings. The third-order valence-electron chi connectivity index (χ3n) is 3.57. The monoisotopic (exact) mass is 357 g/mol.